The van der Waals surface area contributed by atoms with E-state index in [1.54, 1.807) is 25.3 Å². The number of hydrogen-bond donors (Lipinski definition) is 3. The van der Waals surface area contributed by atoms with Gasteiger partial charge in [-0.1, -0.05) is 0 Å². The van der Waals surface area contributed by atoms with E-state index in [0.717, 1.165) is 0 Å². The number of nitrogens with one attached hydrogen (secondary N) is 2. The van der Waals surface area contributed by atoms with Crippen molar-refractivity contribution >= 4 is 17.3 Å². The molecule has 0 saturated carbocycles. The summed E-state index contributed by atoms with van der Waals surface area (Å²) < 4.78 is 4.83. The molecule has 0 atom stereocenters. The molecule has 19 heavy (non-hydrogen) atoms. The molecule has 1 aromatic carbocycles. The molecule has 0 heterocycles. The van der Waals surface area contributed by atoms with E-state index < -0.39 is 0 Å². The highest BCUT2D eigenvalue weighted by molar-refractivity contribution is 5.76. The van der Waals surface area contributed by atoms with Crippen molar-refractivity contribution in [3.63, 3.8) is 0 Å². The number of hydrogen-bond acceptors (Lipinski definition) is 5. The van der Waals surface area contributed by atoms with Crippen LogP contribution in [0.5, 0.6) is 0 Å². The number of carbonyl (C=O) groups is 1. The van der Waals surface area contributed by atoms with Crippen LogP contribution in [0.15, 0.2) is 18.2 Å². The zero-order chi connectivity index (χ0) is 14.1. The van der Waals surface area contributed by atoms with Gasteiger partial charge >= 0.3 is 0 Å². The maximum absolute atomic E-state index is 11.4. The van der Waals surface area contributed by atoms with Crippen molar-refractivity contribution in [1.82, 2.24) is 5.32 Å². The third kappa shape index (κ3) is 5.27. The molecule has 0 unspecified atom stereocenters. The number of nitrogen functional groups attached to an aromatic ring is 1. The molecule has 4 N–H and O–H groups in total. The molecular formula is C13H18N4O2. The average molecular weight is 262 g/mol. The standard InChI is InChI=1S/C13H18N4O2/c1-19-7-6-17-13(18)4-5-16-12-3-2-11(15)8-10(12)9-14/h2-3,8,16H,4-7,15H2,1H3,(H,17,18). The highest BCUT2D eigenvalue weighted by Crippen LogP contribution is 2.17. The van der Waals surface area contributed by atoms with E-state index in [1.807, 2.05) is 0 Å². The summed E-state index contributed by atoms with van der Waals surface area (Å²) in [7, 11) is 1.58. The topological polar surface area (TPSA) is 100 Å². The van der Waals surface area contributed by atoms with Gasteiger partial charge in [-0.15, -0.1) is 0 Å². The number of amides is 1. The predicted molar refractivity (Wildman–Crippen MR) is 73.6 cm³/mol. The van der Waals surface area contributed by atoms with Crippen molar-refractivity contribution in [2.45, 2.75) is 6.42 Å². The van der Waals surface area contributed by atoms with Gasteiger partial charge in [-0.05, 0) is 18.2 Å². The van der Waals surface area contributed by atoms with E-state index in [0.29, 0.717) is 43.1 Å². The summed E-state index contributed by atoms with van der Waals surface area (Å²) in [5.74, 6) is -0.0569. The molecular weight excluding hydrogens is 244 g/mol. The van der Waals surface area contributed by atoms with Gasteiger partial charge in [0.05, 0.1) is 17.9 Å². The zero-order valence-corrected chi connectivity index (χ0v) is 10.9. The fraction of sp³-hybridized carbons (Fsp3) is 0.385. The van der Waals surface area contributed by atoms with Gasteiger partial charge in [-0.25, -0.2) is 0 Å². The van der Waals surface area contributed by atoms with Crippen molar-refractivity contribution in [2.24, 2.45) is 0 Å². The third-order valence-electron chi connectivity index (χ3n) is 2.46. The Morgan fingerprint density at radius 1 is 1.47 bits per heavy atom. The van der Waals surface area contributed by atoms with Crippen LogP contribution in [0.1, 0.15) is 12.0 Å². The Morgan fingerprint density at radius 2 is 2.26 bits per heavy atom. The normalized spacial score (nSPS) is 9.68. The maximum atomic E-state index is 11.4. The van der Waals surface area contributed by atoms with E-state index >= 15 is 0 Å². The van der Waals surface area contributed by atoms with Crippen LogP contribution < -0.4 is 16.4 Å². The first-order valence-electron chi connectivity index (χ1n) is 5.96. The summed E-state index contributed by atoms with van der Waals surface area (Å²) in [6.45, 7) is 1.45. The second kappa shape index (κ2) is 7.95. The Hall–Kier alpha value is -2.26. The molecule has 0 aliphatic carbocycles. The molecule has 0 fully saturated rings. The van der Waals surface area contributed by atoms with Crippen LogP contribution >= 0.6 is 0 Å². The number of anilines is 2. The Kier molecular flexibility index (Phi) is 6.19. The molecule has 1 rings (SSSR count). The fourth-order valence-electron chi connectivity index (χ4n) is 1.50. The lowest BCUT2D eigenvalue weighted by molar-refractivity contribution is -0.121. The number of nitrogens with zero attached hydrogens (tertiary/aromatic N) is 1. The van der Waals surface area contributed by atoms with Gasteiger partial charge in [0.1, 0.15) is 6.07 Å². The van der Waals surface area contributed by atoms with Gasteiger partial charge in [0.25, 0.3) is 0 Å². The molecule has 0 radical (unpaired) electrons. The first kappa shape index (κ1) is 14.8. The SMILES string of the molecule is COCCNC(=O)CCNc1ccc(N)cc1C#N. The molecule has 1 amide bonds. The van der Waals surface area contributed by atoms with Crippen LogP contribution in [0.4, 0.5) is 11.4 Å². The third-order valence-corrected chi connectivity index (χ3v) is 2.46. The lowest BCUT2D eigenvalue weighted by Crippen LogP contribution is -2.28. The molecule has 0 saturated heterocycles. The molecule has 0 spiro atoms. The van der Waals surface area contributed by atoms with Crippen LogP contribution in [0.2, 0.25) is 0 Å². The summed E-state index contributed by atoms with van der Waals surface area (Å²) in [4.78, 5) is 11.4. The number of carbonyl (C=O) groups excluding carboxylic acids is 1. The van der Waals surface area contributed by atoms with E-state index in [9.17, 15) is 4.79 Å². The van der Waals surface area contributed by atoms with Crippen molar-refractivity contribution in [3.8, 4) is 6.07 Å². The predicted octanol–water partition coefficient (Wildman–Crippen LogP) is 0.705. The molecule has 6 nitrogen and oxygen atoms in total. The number of rotatable bonds is 7. The lowest BCUT2D eigenvalue weighted by Gasteiger charge is -2.09. The minimum atomic E-state index is -0.0569. The first-order valence-corrected chi connectivity index (χ1v) is 5.96. The average Bonchev–Trinajstić information content (AvgIpc) is 2.40. The number of nitriles is 1. The van der Waals surface area contributed by atoms with Gasteiger partial charge in [-0.2, -0.15) is 5.26 Å². The smallest absolute Gasteiger partial charge is 0.221 e. The van der Waals surface area contributed by atoms with E-state index in [2.05, 4.69) is 16.7 Å². The Morgan fingerprint density at radius 3 is 2.95 bits per heavy atom. The van der Waals surface area contributed by atoms with Crippen LogP contribution in [0, 0.1) is 11.3 Å². The van der Waals surface area contributed by atoms with E-state index in [4.69, 9.17) is 15.7 Å². The monoisotopic (exact) mass is 262 g/mol. The van der Waals surface area contributed by atoms with Crippen LogP contribution in [0.25, 0.3) is 0 Å². The highest BCUT2D eigenvalue weighted by Gasteiger charge is 2.04. The largest absolute Gasteiger partial charge is 0.399 e. The van der Waals surface area contributed by atoms with Crippen molar-refractivity contribution < 1.29 is 9.53 Å². The lowest BCUT2D eigenvalue weighted by atomic mass is 10.1. The minimum Gasteiger partial charge on any atom is -0.399 e. The van der Waals surface area contributed by atoms with E-state index in [1.165, 1.54) is 0 Å². The number of nitrogens with two attached hydrogens (primary N) is 1. The molecule has 0 aliphatic rings. The summed E-state index contributed by atoms with van der Waals surface area (Å²) in [5, 5.41) is 14.7. The number of methoxy groups -OCH3 is 1. The van der Waals surface area contributed by atoms with Crippen molar-refractivity contribution in [2.75, 3.05) is 37.9 Å². The number of ether oxygens (including phenoxy) is 1. The second-order valence-corrected chi connectivity index (χ2v) is 3.94. The summed E-state index contributed by atoms with van der Waals surface area (Å²) in [6.07, 6.45) is 0.332. The summed E-state index contributed by atoms with van der Waals surface area (Å²) >= 11 is 0. The molecule has 102 valence electrons. The quantitative estimate of drug-likeness (QED) is 0.496. The molecule has 6 heteroatoms. The zero-order valence-electron chi connectivity index (χ0n) is 10.9. The highest BCUT2D eigenvalue weighted by atomic mass is 16.5. The van der Waals surface area contributed by atoms with Gasteiger partial charge in [-0.3, -0.25) is 4.79 Å². The molecule has 0 aromatic heterocycles. The van der Waals surface area contributed by atoms with Gasteiger partial charge in [0.2, 0.25) is 5.91 Å². The molecule has 0 aliphatic heterocycles. The van der Waals surface area contributed by atoms with Gasteiger partial charge in [0, 0.05) is 32.3 Å². The fourth-order valence-corrected chi connectivity index (χ4v) is 1.50. The van der Waals surface area contributed by atoms with E-state index in [-0.39, 0.29) is 5.91 Å². The maximum Gasteiger partial charge on any atom is 0.221 e. The Balaban J connectivity index is 2.37. The van der Waals surface area contributed by atoms with Crippen LogP contribution in [-0.2, 0) is 9.53 Å². The summed E-state index contributed by atoms with van der Waals surface area (Å²) in [5.41, 5.74) is 7.29. The number of benzene rings is 1. The van der Waals surface area contributed by atoms with Crippen LogP contribution in [-0.4, -0.2) is 32.7 Å². The Labute approximate surface area is 112 Å². The second-order valence-electron chi connectivity index (χ2n) is 3.94. The molecule has 1 aromatic rings. The first-order chi connectivity index (χ1) is 9.17. The van der Waals surface area contributed by atoms with Crippen molar-refractivity contribution in [3.05, 3.63) is 23.8 Å². The van der Waals surface area contributed by atoms with Crippen molar-refractivity contribution in [1.29, 1.82) is 5.26 Å². The molecule has 0 bridgehead atoms. The van der Waals surface area contributed by atoms with Crippen LogP contribution in [0.3, 0.4) is 0 Å². The minimum absolute atomic E-state index is 0.0569. The van der Waals surface area contributed by atoms with Gasteiger partial charge in [0.15, 0.2) is 0 Å². The summed E-state index contributed by atoms with van der Waals surface area (Å²) in [6, 6.07) is 7.10. The van der Waals surface area contributed by atoms with Gasteiger partial charge < -0.3 is 21.1 Å². The Bertz CT molecular complexity index is 468.